The zero-order valence-electron chi connectivity index (χ0n) is 22.7. The highest BCUT2D eigenvalue weighted by Gasteiger charge is 2.30. The first-order valence-corrected chi connectivity index (χ1v) is 14.2. The second-order valence-corrected chi connectivity index (χ2v) is 11.1. The molecule has 11 heteroatoms. The van der Waals surface area contributed by atoms with Crippen LogP contribution in [-0.2, 0) is 17.9 Å². The average Bonchev–Trinajstić information content (AvgIpc) is 3.32. The highest BCUT2D eigenvalue weighted by Crippen LogP contribution is 2.33. The van der Waals surface area contributed by atoms with Gasteiger partial charge in [0.15, 0.2) is 11.3 Å². The molecule has 0 radical (unpaired) electrons. The quantitative estimate of drug-likeness (QED) is 0.272. The molecule has 2 atom stereocenters. The molecule has 0 amide bonds. The number of carboxylic acid groups (broad SMARTS) is 1. The van der Waals surface area contributed by atoms with E-state index in [0.717, 1.165) is 50.5 Å². The Labute approximate surface area is 241 Å². The van der Waals surface area contributed by atoms with Gasteiger partial charge < -0.3 is 19.1 Å². The number of piperidine rings is 1. The second kappa shape index (κ2) is 11.7. The summed E-state index contributed by atoms with van der Waals surface area (Å²) in [5, 5.41) is 9.82. The summed E-state index contributed by atoms with van der Waals surface area (Å²) in [6, 6.07) is 13.5. The number of ether oxygens (including phenoxy) is 2. The smallest absolute Gasteiger partial charge is 0.354 e. The number of halogens is 2. The highest BCUT2D eigenvalue weighted by molar-refractivity contribution is 6.30. The van der Waals surface area contributed by atoms with Crippen molar-refractivity contribution in [3.8, 4) is 5.88 Å². The number of aromatic nitrogens is 4. The lowest BCUT2D eigenvalue weighted by molar-refractivity contribution is -0.0595. The van der Waals surface area contributed by atoms with Crippen LogP contribution in [0.25, 0.3) is 11.2 Å². The van der Waals surface area contributed by atoms with Gasteiger partial charge in [0.25, 0.3) is 0 Å². The van der Waals surface area contributed by atoms with Gasteiger partial charge >= 0.3 is 5.97 Å². The van der Waals surface area contributed by atoms with E-state index in [1.807, 2.05) is 16.7 Å². The number of aromatic carboxylic acids is 1. The van der Waals surface area contributed by atoms with Gasteiger partial charge in [-0.3, -0.25) is 4.90 Å². The van der Waals surface area contributed by atoms with Crippen LogP contribution < -0.4 is 4.74 Å². The van der Waals surface area contributed by atoms with Gasteiger partial charge in [-0.2, -0.15) is 0 Å². The van der Waals surface area contributed by atoms with Crippen molar-refractivity contribution in [1.82, 2.24) is 24.4 Å². The zero-order valence-corrected chi connectivity index (χ0v) is 23.4. The Hall–Kier alpha value is -3.60. The molecule has 9 nitrogen and oxygen atoms in total. The van der Waals surface area contributed by atoms with Crippen LogP contribution in [0.5, 0.6) is 5.88 Å². The normalized spacial score (nSPS) is 18.8. The van der Waals surface area contributed by atoms with Gasteiger partial charge in [0.2, 0.25) is 5.88 Å². The molecule has 0 spiro atoms. The Bertz CT molecular complexity index is 1570. The molecule has 2 saturated heterocycles. The number of carboxylic acids is 1. The predicted molar refractivity (Wildman–Crippen MR) is 151 cm³/mol. The third-order valence-corrected chi connectivity index (χ3v) is 8.26. The molecule has 0 aliphatic carbocycles. The summed E-state index contributed by atoms with van der Waals surface area (Å²) in [5.41, 5.74) is 2.66. The Kier molecular flexibility index (Phi) is 7.88. The number of nitrogens with zero attached hydrogens (tertiary/aromatic N) is 5. The van der Waals surface area contributed by atoms with E-state index in [0.29, 0.717) is 34.2 Å². The molecule has 1 aromatic carbocycles. The predicted octanol–water partition coefficient (Wildman–Crippen LogP) is 5.63. The Morgan fingerprint density at radius 2 is 1.95 bits per heavy atom. The fourth-order valence-electron chi connectivity index (χ4n) is 5.54. The SMILES string of the molecule is CC(c1nc2ccc(C(=O)O)nc2n1C[C@@H]1CCO1)N1CCC(c2cccc(OCc3ccc(Cl)cc3F)n2)CC1. The van der Waals surface area contributed by atoms with Gasteiger partial charge in [0.05, 0.1) is 18.7 Å². The lowest BCUT2D eigenvalue weighted by atomic mass is 9.92. The molecular weight excluding hydrogens is 549 g/mol. The number of hydrogen-bond donors (Lipinski definition) is 1. The summed E-state index contributed by atoms with van der Waals surface area (Å²) < 4.78 is 27.7. The van der Waals surface area contributed by atoms with Crippen LogP contribution >= 0.6 is 11.6 Å². The number of benzene rings is 1. The largest absolute Gasteiger partial charge is 0.477 e. The first-order chi connectivity index (χ1) is 19.9. The van der Waals surface area contributed by atoms with Crippen molar-refractivity contribution >= 4 is 28.7 Å². The average molecular weight is 580 g/mol. The molecule has 6 rings (SSSR count). The van der Waals surface area contributed by atoms with E-state index in [-0.39, 0.29) is 30.4 Å². The molecule has 4 aromatic rings. The van der Waals surface area contributed by atoms with Crippen molar-refractivity contribution in [3.05, 3.63) is 82.1 Å². The Morgan fingerprint density at radius 3 is 2.66 bits per heavy atom. The fraction of sp³-hybridized carbons (Fsp3) is 0.400. The first-order valence-electron chi connectivity index (χ1n) is 13.9. The lowest BCUT2D eigenvalue weighted by Crippen LogP contribution is -2.37. The number of hydrogen-bond acceptors (Lipinski definition) is 7. The van der Waals surface area contributed by atoms with E-state index < -0.39 is 11.8 Å². The molecule has 2 aliphatic rings. The van der Waals surface area contributed by atoms with Crippen LogP contribution in [0.4, 0.5) is 4.39 Å². The van der Waals surface area contributed by atoms with E-state index in [4.69, 9.17) is 31.0 Å². The van der Waals surface area contributed by atoms with Gasteiger partial charge in [-0.05, 0) is 69.6 Å². The number of pyridine rings is 2. The minimum absolute atomic E-state index is 0.00482. The summed E-state index contributed by atoms with van der Waals surface area (Å²) in [4.78, 5) is 28.0. The molecule has 1 N–H and O–H groups in total. The van der Waals surface area contributed by atoms with Crippen molar-refractivity contribution in [3.63, 3.8) is 0 Å². The van der Waals surface area contributed by atoms with Crippen molar-refractivity contribution < 1.29 is 23.8 Å². The van der Waals surface area contributed by atoms with Crippen molar-refractivity contribution in [2.24, 2.45) is 0 Å². The van der Waals surface area contributed by atoms with Crippen LogP contribution in [0.2, 0.25) is 5.02 Å². The summed E-state index contributed by atoms with van der Waals surface area (Å²) in [6.45, 7) is 5.25. The summed E-state index contributed by atoms with van der Waals surface area (Å²) in [7, 11) is 0. The molecule has 41 heavy (non-hydrogen) atoms. The third-order valence-electron chi connectivity index (χ3n) is 8.03. The topological polar surface area (TPSA) is 103 Å². The van der Waals surface area contributed by atoms with Gasteiger partial charge in [0, 0.05) is 34.9 Å². The van der Waals surface area contributed by atoms with Crippen molar-refractivity contribution in [2.75, 3.05) is 19.7 Å². The molecule has 1 unspecified atom stereocenters. The van der Waals surface area contributed by atoms with Gasteiger partial charge in [-0.1, -0.05) is 23.7 Å². The Balaban J connectivity index is 1.14. The maximum atomic E-state index is 14.1. The van der Waals surface area contributed by atoms with Crippen LogP contribution in [-0.4, -0.2) is 61.3 Å². The van der Waals surface area contributed by atoms with Crippen LogP contribution in [0, 0.1) is 5.82 Å². The highest BCUT2D eigenvalue weighted by atomic mass is 35.5. The first kappa shape index (κ1) is 27.6. The van der Waals surface area contributed by atoms with E-state index in [1.54, 1.807) is 24.3 Å². The van der Waals surface area contributed by atoms with Crippen molar-refractivity contribution in [2.45, 2.75) is 57.4 Å². The van der Waals surface area contributed by atoms with E-state index in [9.17, 15) is 14.3 Å². The third kappa shape index (κ3) is 5.91. The molecule has 2 fully saturated rings. The lowest BCUT2D eigenvalue weighted by Gasteiger charge is -2.36. The molecule has 0 bridgehead atoms. The fourth-order valence-corrected chi connectivity index (χ4v) is 5.70. The number of rotatable bonds is 9. The summed E-state index contributed by atoms with van der Waals surface area (Å²) >= 11 is 5.85. The second-order valence-electron chi connectivity index (χ2n) is 10.6. The van der Waals surface area contributed by atoms with Gasteiger partial charge in [-0.15, -0.1) is 0 Å². The van der Waals surface area contributed by atoms with E-state index in [1.165, 1.54) is 12.1 Å². The minimum Gasteiger partial charge on any atom is -0.477 e. The Morgan fingerprint density at radius 1 is 1.15 bits per heavy atom. The monoisotopic (exact) mass is 579 g/mol. The summed E-state index contributed by atoms with van der Waals surface area (Å²) in [5.74, 6) is 0.148. The molecule has 3 aromatic heterocycles. The van der Waals surface area contributed by atoms with Crippen LogP contribution in [0.3, 0.4) is 0 Å². The number of imidazole rings is 1. The number of likely N-dealkylation sites (tertiary alicyclic amines) is 1. The van der Waals surface area contributed by atoms with E-state index in [2.05, 4.69) is 16.8 Å². The molecule has 0 saturated carbocycles. The maximum Gasteiger partial charge on any atom is 0.354 e. The summed E-state index contributed by atoms with van der Waals surface area (Å²) in [6.07, 6.45) is 2.87. The molecule has 5 heterocycles. The molecule has 214 valence electrons. The van der Waals surface area contributed by atoms with Gasteiger partial charge in [-0.25, -0.2) is 24.1 Å². The molecular formula is C30H31ClFN5O4. The van der Waals surface area contributed by atoms with Crippen molar-refractivity contribution in [1.29, 1.82) is 0 Å². The minimum atomic E-state index is -1.06. The maximum absolute atomic E-state index is 14.1. The molecule has 2 aliphatic heterocycles. The van der Waals surface area contributed by atoms with Crippen LogP contribution in [0.1, 0.15) is 65.7 Å². The number of fused-ring (bicyclic) bond motifs is 1. The van der Waals surface area contributed by atoms with Gasteiger partial charge in [0.1, 0.15) is 23.8 Å². The van der Waals surface area contributed by atoms with Crippen LogP contribution in [0.15, 0.2) is 48.5 Å². The standard InChI is InChI=1S/C30H31ClFN5O4/c1-18(28-34-25-7-8-26(30(38)39)35-29(25)37(28)16-22-11-14-40-22)36-12-9-19(10-13-36)24-3-2-4-27(33-24)41-17-20-5-6-21(31)15-23(20)32/h2-8,15,18-19,22H,9-14,16-17H2,1H3,(H,38,39)/t18?,22-/m0/s1. The zero-order chi connectivity index (χ0) is 28.5. The number of carbonyl (C=O) groups is 1. The van der Waals surface area contributed by atoms with E-state index >= 15 is 0 Å².